The lowest BCUT2D eigenvalue weighted by atomic mass is 9.82. The van der Waals surface area contributed by atoms with Crippen molar-refractivity contribution in [1.29, 1.82) is 0 Å². The average molecular weight is 492 g/mol. The van der Waals surface area contributed by atoms with E-state index >= 15 is 0 Å². The van der Waals surface area contributed by atoms with Gasteiger partial charge in [-0.2, -0.15) is 0 Å². The molecule has 5 aromatic rings. The van der Waals surface area contributed by atoms with Crippen LogP contribution in [0.15, 0.2) is 109 Å². The Balaban J connectivity index is 1.49. The molecule has 0 fully saturated rings. The molecule has 0 saturated heterocycles. The Morgan fingerprint density at radius 2 is 1.03 bits per heavy atom. The summed E-state index contributed by atoms with van der Waals surface area (Å²) in [5.74, 6) is 0. The highest BCUT2D eigenvalue weighted by molar-refractivity contribution is 5.95. The molecule has 5 aromatic carbocycles. The van der Waals surface area contributed by atoms with Crippen LogP contribution in [0.2, 0.25) is 0 Å². The largest absolute Gasteiger partial charge is 0.310 e. The number of hydrogen-bond donors (Lipinski definition) is 0. The molecule has 2 aliphatic rings. The lowest BCUT2D eigenvalue weighted by Crippen LogP contribution is -2.17. The van der Waals surface area contributed by atoms with Crippen molar-refractivity contribution < 1.29 is 0 Å². The van der Waals surface area contributed by atoms with Gasteiger partial charge < -0.3 is 4.90 Å². The van der Waals surface area contributed by atoms with Gasteiger partial charge in [0.2, 0.25) is 0 Å². The zero-order valence-electron chi connectivity index (χ0n) is 22.8. The van der Waals surface area contributed by atoms with Gasteiger partial charge >= 0.3 is 0 Å². The Labute approximate surface area is 226 Å². The maximum atomic E-state index is 2.47. The molecule has 186 valence electrons. The minimum absolute atomic E-state index is 0.0392. The maximum Gasteiger partial charge on any atom is 0.0543 e. The fourth-order valence-corrected chi connectivity index (χ4v) is 6.87. The topological polar surface area (TPSA) is 3.24 Å². The van der Waals surface area contributed by atoms with E-state index in [1.54, 1.807) is 0 Å². The van der Waals surface area contributed by atoms with E-state index < -0.39 is 0 Å². The summed E-state index contributed by atoms with van der Waals surface area (Å²) in [6.45, 7) is 11.6. The fourth-order valence-electron chi connectivity index (χ4n) is 6.87. The molecule has 0 amide bonds. The molecule has 0 bridgehead atoms. The molecule has 0 spiro atoms. The number of hydrogen-bond acceptors (Lipinski definition) is 1. The first-order chi connectivity index (χ1) is 18.3. The van der Waals surface area contributed by atoms with Gasteiger partial charge in [0.25, 0.3) is 0 Å². The van der Waals surface area contributed by atoms with Gasteiger partial charge in [0.05, 0.1) is 5.69 Å². The molecule has 2 aliphatic carbocycles. The van der Waals surface area contributed by atoms with Crippen LogP contribution in [0.25, 0.3) is 22.3 Å². The van der Waals surface area contributed by atoms with Gasteiger partial charge in [-0.05, 0) is 76.2 Å². The Morgan fingerprint density at radius 1 is 0.474 bits per heavy atom. The lowest BCUT2D eigenvalue weighted by Gasteiger charge is -2.30. The van der Waals surface area contributed by atoms with Crippen molar-refractivity contribution >= 4 is 17.1 Å². The highest BCUT2D eigenvalue weighted by atomic mass is 15.1. The standard InChI is InChI=1S/C37H33N/c1-24-17-19-25(20-18-24)38(26-21-22-28-27-11-6-8-13-30(27)37(4,5)33(28)23-26)34-16-10-15-32-35(34)29-12-7-9-14-31(29)36(32,2)3/h6-23H,1-5H3. The first-order valence-corrected chi connectivity index (χ1v) is 13.6. The van der Waals surface area contributed by atoms with E-state index in [-0.39, 0.29) is 10.8 Å². The van der Waals surface area contributed by atoms with E-state index in [1.165, 1.54) is 67.1 Å². The van der Waals surface area contributed by atoms with E-state index in [0.29, 0.717) is 0 Å². The number of anilines is 3. The smallest absolute Gasteiger partial charge is 0.0543 e. The van der Waals surface area contributed by atoms with Gasteiger partial charge in [0.1, 0.15) is 0 Å². The van der Waals surface area contributed by atoms with Gasteiger partial charge in [-0.15, -0.1) is 0 Å². The highest BCUT2D eigenvalue weighted by Crippen LogP contribution is 2.55. The Morgan fingerprint density at radius 3 is 1.76 bits per heavy atom. The third-order valence-electron chi connectivity index (χ3n) is 8.94. The lowest BCUT2D eigenvalue weighted by molar-refractivity contribution is 0.660. The van der Waals surface area contributed by atoms with Crippen molar-refractivity contribution in [3.05, 3.63) is 137 Å². The first-order valence-electron chi connectivity index (χ1n) is 13.6. The number of rotatable bonds is 3. The second-order valence-electron chi connectivity index (χ2n) is 11.9. The Bertz CT molecular complexity index is 1720. The molecule has 0 atom stereocenters. The normalized spacial score (nSPS) is 15.4. The van der Waals surface area contributed by atoms with Crippen molar-refractivity contribution in [2.24, 2.45) is 0 Å². The Kier molecular flexibility index (Phi) is 4.82. The molecule has 0 N–H and O–H groups in total. The number of aryl methyl sites for hydroxylation is 1. The maximum absolute atomic E-state index is 2.47. The Hall–Kier alpha value is -4.10. The molecule has 38 heavy (non-hydrogen) atoms. The van der Waals surface area contributed by atoms with Crippen LogP contribution in [0, 0.1) is 6.92 Å². The van der Waals surface area contributed by atoms with E-state index in [0.717, 1.165) is 0 Å². The van der Waals surface area contributed by atoms with Crippen LogP contribution >= 0.6 is 0 Å². The minimum atomic E-state index is -0.0475. The summed E-state index contributed by atoms with van der Waals surface area (Å²) in [5.41, 5.74) is 15.8. The van der Waals surface area contributed by atoms with E-state index in [1.807, 2.05) is 0 Å². The van der Waals surface area contributed by atoms with Crippen molar-refractivity contribution in [2.45, 2.75) is 45.4 Å². The third-order valence-corrected chi connectivity index (χ3v) is 8.94. The summed E-state index contributed by atoms with van der Waals surface area (Å²) >= 11 is 0. The van der Waals surface area contributed by atoms with Crippen LogP contribution in [0.5, 0.6) is 0 Å². The van der Waals surface area contributed by atoms with Crippen molar-refractivity contribution in [1.82, 2.24) is 0 Å². The number of fused-ring (bicyclic) bond motifs is 6. The highest BCUT2D eigenvalue weighted by Gasteiger charge is 2.39. The second-order valence-corrected chi connectivity index (χ2v) is 11.9. The zero-order valence-corrected chi connectivity index (χ0v) is 22.8. The minimum Gasteiger partial charge on any atom is -0.310 e. The molecule has 0 aromatic heterocycles. The molecule has 0 saturated carbocycles. The van der Waals surface area contributed by atoms with E-state index in [4.69, 9.17) is 0 Å². The number of nitrogens with zero attached hydrogens (tertiary/aromatic N) is 1. The van der Waals surface area contributed by atoms with Crippen LogP contribution < -0.4 is 4.90 Å². The average Bonchev–Trinajstić information content (AvgIpc) is 3.30. The SMILES string of the molecule is Cc1ccc(N(c2ccc3c(c2)C(C)(C)c2ccccc2-3)c2cccc3c2-c2ccccc2C3(C)C)cc1. The van der Waals surface area contributed by atoms with Crippen LogP contribution in [-0.2, 0) is 10.8 Å². The van der Waals surface area contributed by atoms with Crippen molar-refractivity contribution in [3.8, 4) is 22.3 Å². The van der Waals surface area contributed by atoms with Crippen molar-refractivity contribution in [2.75, 3.05) is 4.90 Å². The van der Waals surface area contributed by atoms with Gasteiger partial charge in [-0.25, -0.2) is 0 Å². The predicted octanol–water partition coefficient (Wildman–Crippen LogP) is 10.1. The molecule has 0 heterocycles. The van der Waals surface area contributed by atoms with Crippen LogP contribution in [-0.4, -0.2) is 0 Å². The van der Waals surface area contributed by atoms with Gasteiger partial charge in [-0.3, -0.25) is 0 Å². The molecule has 0 radical (unpaired) electrons. The summed E-state index contributed by atoms with van der Waals surface area (Å²) < 4.78 is 0. The first kappa shape index (κ1) is 23.0. The van der Waals surface area contributed by atoms with E-state index in [2.05, 4.69) is 149 Å². The molecular formula is C37H33N. The summed E-state index contributed by atoms with van der Waals surface area (Å²) in [6.07, 6.45) is 0. The molecule has 1 heteroatoms. The molecule has 0 unspecified atom stereocenters. The zero-order chi connectivity index (χ0) is 26.2. The van der Waals surface area contributed by atoms with Gasteiger partial charge in [-0.1, -0.05) is 112 Å². The van der Waals surface area contributed by atoms with Gasteiger partial charge in [0, 0.05) is 27.8 Å². The van der Waals surface area contributed by atoms with Crippen LogP contribution in [0.1, 0.15) is 55.5 Å². The van der Waals surface area contributed by atoms with Crippen LogP contribution in [0.3, 0.4) is 0 Å². The van der Waals surface area contributed by atoms with Crippen LogP contribution in [0.4, 0.5) is 17.1 Å². The summed E-state index contributed by atoms with van der Waals surface area (Å²) in [4.78, 5) is 2.47. The summed E-state index contributed by atoms with van der Waals surface area (Å²) in [6, 6.07) is 40.7. The molecule has 0 aliphatic heterocycles. The monoisotopic (exact) mass is 491 g/mol. The summed E-state index contributed by atoms with van der Waals surface area (Å²) in [7, 11) is 0. The molecular weight excluding hydrogens is 458 g/mol. The summed E-state index contributed by atoms with van der Waals surface area (Å²) in [5, 5.41) is 0. The predicted molar refractivity (Wildman–Crippen MR) is 161 cm³/mol. The van der Waals surface area contributed by atoms with E-state index in [9.17, 15) is 0 Å². The second kappa shape index (κ2) is 7.95. The third kappa shape index (κ3) is 3.11. The van der Waals surface area contributed by atoms with Gasteiger partial charge in [0.15, 0.2) is 0 Å². The fraction of sp³-hybridized carbons (Fsp3) is 0.189. The molecule has 1 nitrogen and oxygen atoms in total. The number of benzene rings is 5. The quantitative estimate of drug-likeness (QED) is 0.243. The molecule has 7 rings (SSSR count). The van der Waals surface area contributed by atoms with Crippen molar-refractivity contribution in [3.63, 3.8) is 0 Å².